The lowest BCUT2D eigenvalue weighted by molar-refractivity contribution is 0.470. The normalized spacial score (nSPS) is 10.7. The van der Waals surface area contributed by atoms with E-state index in [9.17, 15) is 5.11 Å². The molecule has 0 saturated heterocycles. The Bertz CT molecular complexity index is 323. The van der Waals surface area contributed by atoms with Crippen LogP contribution in [0.4, 0.5) is 0 Å². The van der Waals surface area contributed by atoms with Gasteiger partial charge in [0.1, 0.15) is 5.75 Å². The molecule has 1 nitrogen and oxygen atoms in total. The third-order valence-corrected chi connectivity index (χ3v) is 4.02. The highest BCUT2D eigenvalue weighted by atomic mass is 79.9. The summed E-state index contributed by atoms with van der Waals surface area (Å²) >= 11 is 3.43. The Morgan fingerprint density at radius 3 is 2.35 bits per heavy atom. The zero-order valence-electron chi connectivity index (χ0n) is 10.7. The highest BCUT2D eigenvalue weighted by Crippen LogP contribution is 2.28. The van der Waals surface area contributed by atoms with E-state index >= 15 is 0 Å². The molecule has 17 heavy (non-hydrogen) atoms. The van der Waals surface area contributed by atoms with E-state index in [4.69, 9.17) is 0 Å². The van der Waals surface area contributed by atoms with Crippen molar-refractivity contribution < 1.29 is 5.11 Å². The minimum Gasteiger partial charge on any atom is -0.507 e. The summed E-state index contributed by atoms with van der Waals surface area (Å²) in [5.41, 5.74) is 1.22. The third kappa shape index (κ3) is 5.58. The maximum absolute atomic E-state index is 9.55. The Kier molecular flexibility index (Phi) is 7.34. The van der Waals surface area contributed by atoms with Gasteiger partial charge in [-0.15, -0.1) is 0 Å². The second-order valence-corrected chi connectivity index (χ2v) is 5.41. The second kappa shape index (κ2) is 8.57. The number of benzene rings is 1. The van der Waals surface area contributed by atoms with E-state index in [1.54, 1.807) is 6.07 Å². The molecule has 0 aliphatic rings. The Balaban J connectivity index is 2.16. The fraction of sp³-hybridized carbons (Fsp3) is 0.600. The van der Waals surface area contributed by atoms with Crippen molar-refractivity contribution in [3.63, 3.8) is 0 Å². The average molecular weight is 299 g/mol. The van der Waals surface area contributed by atoms with Crippen molar-refractivity contribution in [1.82, 2.24) is 0 Å². The van der Waals surface area contributed by atoms with Gasteiger partial charge >= 0.3 is 0 Å². The molecule has 0 aromatic heterocycles. The van der Waals surface area contributed by atoms with Gasteiger partial charge < -0.3 is 5.11 Å². The number of phenols is 1. The molecule has 1 aromatic carbocycles. The number of phenolic OH excluding ortho intramolecular Hbond substituents is 1. The van der Waals surface area contributed by atoms with Crippen molar-refractivity contribution in [1.29, 1.82) is 0 Å². The Morgan fingerprint density at radius 1 is 1.00 bits per heavy atom. The molecular weight excluding hydrogens is 276 g/mol. The molecule has 0 unspecified atom stereocenters. The molecule has 0 aliphatic heterocycles. The molecule has 2 heteroatoms. The van der Waals surface area contributed by atoms with E-state index in [1.807, 2.05) is 6.07 Å². The van der Waals surface area contributed by atoms with Crippen molar-refractivity contribution in [3.8, 4) is 5.75 Å². The highest BCUT2D eigenvalue weighted by Gasteiger charge is 2.03. The summed E-state index contributed by atoms with van der Waals surface area (Å²) in [5.74, 6) is 0.352. The quantitative estimate of drug-likeness (QED) is 0.633. The summed E-state index contributed by atoms with van der Waals surface area (Å²) in [6.07, 6.45) is 10.4. The van der Waals surface area contributed by atoms with E-state index < -0.39 is 0 Å². The van der Waals surface area contributed by atoms with Crippen LogP contribution in [0.3, 0.4) is 0 Å². The molecule has 0 radical (unpaired) electrons. The van der Waals surface area contributed by atoms with E-state index in [2.05, 4.69) is 28.9 Å². The predicted molar refractivity (Wildman–Crippen MR) is 77.5 cm³/mol. The first kappa shape index (κ1) is 14.6. The van der Waals surface area contributed by atoms with Crippen molar-refractivity contribution in [2.24, 2.45) is 0 Å². The van der Waals surface area contributed by atoms with Crippen LogP contribution in [0.5, 0.6) is 5.75 Å². The Morgan fingerprint density at radius 2 is 1.65 bits per heavy atom. The lowest BCUT2D eigenvalue weighted by Gasteiger charge is -2.06. The molecule has 0 amide bonds. The molecule has 96 valence electrons. The van der Waals surface area contributed by atoms with E-state index in [1.165, 1.54) is 50.5 Å². The fourth-order valence-corrected chi connectivity index (χ4v) is 2.49. The number of hydrogen-bond donors (Lipinski definition) is 1. The number of unbranched alkanes of at least 4 members (excludes halogenated alkanes) is 6. The molecule has 0 atom stereocenters. The van der Waals surface area contributed by atoms with Crippen molar-refractivity contribution in [3.05, 3.63) is 28.2 Å². The molecule has 0 saturated carbocycles. The molecule has 0 heterocycles. The summed E-state index contributed by atoms with van der Waals surface area (Å²) in [5, 5.41) is 9.55. The van der Waals surface area contributed by atoms with Crippen LogP contribution in [0.15, 0.2) is 22.7 Å². The summed E-state index contributed by atoms with van der Waals surface area (Å²) in [6.45, 7) is 2.25. The summed E-state index contributed by atoms with van der Waals surface area (Å²) in [7, 11) is 0. The first-order chi connectivity index (χ1) is 8.25. The molecule has 0 aliphatic carbocycles. The van der Waals surface area contributed by atoms with Gasteiger partial charge in [-0.3, -0.25) is 0 Å². The molecule has 1 aromatic rings. The van der Waals surface area contributed by atoms with Gasteiger partial charge in [-0.1, -0.05) is 57.6 Å². The van der Waals surface area contributed by atoms with Gasteiger partial charge in [-0.25, -0.2) is 0 Å². The number of halogens is 1. The second-order valence-electron chi connectivity index (χ2n) is 4.62. The topological polar surface area (TPSA) is 20.2 Å². The smallest absolute Gasteiger partial charge is 0.130 e. The summed E-state index contributed by atoms with van der Waals surface area (Å²) < 4.78 is 0.867. The SMILES string of the molecule is CCCCCCCCCc1cccc(O)c1Br. The Labute approximate surface area is 113 Å². The predicted octanol–water partition coefficient (Wildman–Crippen LogP) is 5.45. The third-order valence-electron chi connectivity index (χ3n) is 3.11. The van der Waals surface area contributed by atoms with E-state index in [0.717, 1.165) is 10.9 Å². The van der Waals surface area contributed by atoms with Crippen LogP contribution < -0.4 is 0 Å². The van der Waals surface area contributed by atoms with Gasteiger partial charge in [0.25, 0.3) is 0 Å². The van der Waals surface area contributed by atoms with Crippen molar-refractivity contribution in [2.75, 3.05) is 0 Å². The van der Waals surface area contributed by atoms with Crippen molar-refractivity contribution in [2.45, 2.75) is 58.3 Å². The fourth-order valence-electron chi connectivity index (χ4n) is 2.03. The number of hydrogen-bond acceptors (Lipinski definition) is 1. The van der Waals surface area contributed by atoms with Gasteiger partial charge in [-0.05, 0) is 40.4 Å². The minimum absolute atomic E-state index is 0.352. The van der Waals surface area contributed by atoms with Gasteiger partial charge in [0.2, 0.25) is 0 Å². The first-order valence-electron chi connectivity index (χ1n) is 6.72. The summed E-state index contributed by atoms with van der Waals surface area (Å²) in [6, 6.07) is 5.72. The first-order valence-corrected chi connectivity index (χ1v) is 7.51. The molecule has 1 rings (SSSR count). The molecular formula is C15H23BrO. The molecule has 1 N–H and O–H groups in total. The van der Waals surface area contributed by atoms with Crippen molar-refractivity contribution >= 4 is 15.9 Å². The van der Waals surface area contributed by atoms with Crippen LogP contribution in [0.25, 0.3) is 0 Å². The number of aromatic hydroxyl groups is 1. The maximum atomic E-state index is 9.55. The lowest BCUT2D eigenvalue weighted by Crippen LogP contribution is -1.88. The van der Waals surface area contributed by atoms with Crippen LogP contribution in [-0.4, -0.2) is 5.11 Å². The van der Waals surface area contributed by atoms with Gasteiger partial charge in [0, 0.05) is 0 Å². The lowest BCUT2D eigenvalue weighted by atomic mass is 10.0. The van der Waals surface area contributed by atoms with Gasteiger partial charge in [0.15, 0.2) is 0 Å². The molecule has 0 bridgehead atoms. The Hall–Kier alpha value is -0.500. The average Bonchev–Trinajstić information content (AvgIpc) is 2.33. The largest absolute Gasteiger partial charge is 0.507 e. The van der Waals surface area contributed by atoms with E-state index in [0.29, 0.717) is 5.75 Å². The van der Waals surface area contributed by atoms with Crippen LogP contribution in [-0.2, 0) is 6.42 Å². The summed E-state index contributed by atoms with van der Waals surface area (Å²) in [4.78, 5) is 0. The number of aryl methyl sites for hydroxylation is 1. The van der Waals surface area contributed by atoms with Gasteiger partial charge in [-0.2, -0.15) is 0 Å². The zero-order chi connectivity index (χ0) is 12.5. The van der Waals surface area contributed by atoms with Crippen LogP contribution >= 0.6 is 15.9 Å². The van der Waals surface area contributed by atoms with Crippen LogP contribution in [0.1, 0.15) is 57.4 Å². The monoisotopic (exact) mass is 298 g/mol. The standard InChI is InChI=1S/C15H23BrO/c1-2-3-4-5-6-7-8-10-13-11-9-12-14(17)15(13)16/h9,11-12,17H,2-8,10H2,1H3. The van der Waals surface area contributed by atoms with Crippen LogP contribution in [0, 0.1) is 0 Å². The maximum Gasteiger partial charge on any atom is 0.130 e. The van der Waals surface area contributed by atoms with E-state index in [-0.39, 0.29) is 0 Å². The van der Waals surface area contributed by atoms with Crippen LogP contribution in [0.2, 0.25) is 0 Å². The number of rotatable bonds is 8. The molecule has 0 spiro atoms. The highest BCUT2D eigenvalue weighted by molar-refractivity contribution is 9.10. The minimum atomic E-state index is 0.352. The zero-order valence-corrected chi connectivity index (χ0v) is 12.3. The molecule has 0 fully saturated rings. The van der Waals surface area contributed by atoms with Gasteiger partial charge in [0.05, 0.1) is 4.47 Å².